The van der Waals surface area contributed by atoms with Crippen molar-refractivity contribution >= 4 is 5.71 Å². The van der Waals surface area contributed by atoms with Crippen molar-refractivity contribution in [3.63, 3.8) is 0 Å². The van der Waals surface area contributed by atoms with Gasteiger partial charge >= 0.3 is 0 Å². The van der Waals surface area contributed by atoms with Gasteiger partial charge in [-0.3, -0.25) is 0 Å². The Hall–Kier alpha value is -1.11. The maximum atomic E-state index is 8.45. The molecular formula is C19H29N. The number of hydrogen-bond acceptors (Lipinski definition) is 1. The normalized spacial score (nSPS) is 27.1. The molecule has 2 atom stereocenters. The first kappa shape index (κ1) is 15.3. The van der Waals surface area contributed by atoms with Crippen molar-refractivity contribution in [2.45, 2.75) is 59.8 Å². The summed E-state index contributed by atoms with van der Waals surface area (Å²) in [7, 11) is 0. The van der Waals surface area contributed by atoms with Crippen LogP contribution in [0.2, 0.25) is 0 Å². The van der Waals surface area contributed by atoms with Crippen LogP contribution < -0.4 is 0 Å². The smallest absolute Gasteiger partial charge is 0.0345 e. The first-order valence-electron chi connectivity index (χ1n) is 8.17. The van der Waals surface area contributed by atoms with Crippen molar-refractivity contribution in [2.24, 2.45) is 17.8 Å². The molecule has 0 bridgehead atoms. The molecule has 0 spiro atoms. The molecule has 0 radical (unpaired) electrons. The zero-order valence-electron chi connectivity index (χ0n) is 13.5. The van der Waals surface area contributed by atoms with E-state index in [1.807, 2.05) is 0 Å². The Kier molecular flexibility index (Phi) is 5.01. The second kappa shape index (κ2) is 6.56. The van der Waals surface area contributed by atoms with Gasteiger partial charge in [-0.1, -0.05) is 43.2 Å². The van der Waals surface area contributed by atoms with Crippen LogP contribution in [0, 0.1) is 23.2 Å². The summed E-state index contributed by atoms with van der Waals surface area (Å²) in [5.74, 6) is 2.04. The van der Waals surface area contributed by atoms with Crippen LogP contribution in [0.3, 0.4) is 0 Å². The Morgan fingerprint density at radius 1 is 1.35 bits per heavy atom. The summed E-state index contributed by atoms with van der Waals surface area (Å²) in [5.41, 5.74) is 5.22. The highest BCUT2D eigenvalue weighted by molar-refractivity contribution is 5.98. The van der Waals surface area contributed by atoms with E-state index in [4.69, 9.17) is 5.41 Å². The molecule has 0 saturated heterocycles. The van der Waals surface area contributed by atoms with Crippen LogP contribution in [-0.4, -0.2) is 5.71 Å². The van der Waals surface area contributed by atoms with E-state index < -0.39 is 0 Å². The predicted molar refractivity (Wildman–Crippen MR) is 88.2 cm³/mol. The van der Waals surface area contributed by atoms with E-state index >= 15 is 0 Å². The Bertz CT molecular complexity index is 460. The van der Waals surface area contributed by atoms with Crippen LogP contribution in [-0.2, 0) is 0 Å². The molecular weight excluding hydrogens is 242 g/mol. The lowest BCUT2D eigenvalue weighted by Crippen LogP contribution is -2.16. The molecule has 0 heterocycles. The molecule has 1 saturated carbocycles. The largest absolute Gasteiger partial charge is 0.305 e. The molecule has 0 aromatic carbocycles. The summed E-state index contributed by atoms with van der Waals surface area (Å²) >= 11 is 0. The fourth-order valence-corrected chi connectivity index (χ4v) is 3.49. The topological polar surface area (TPSA) is 23.9 Å². The van der Waals surface area contributed by atoms with Gasteiger partial charge in [-0.15, -0.1) is 0 Å². The molecule has 0 aliphatic heterocycles. The third-order valence-corrected chi connectivity index (χ3v) is 5.08. The van der Waals surface area contributed by atoms with Gasteiger partial charge in [0, 0.05) is 5.71 Å². The lowest BCUT2D eigenvalue weighted by Gasteiger charge is -2.25. The lowest BCUT2D eigenvalue weighted by molar-refractivity contribution is 0.454. The molecule has 2 aliphatic rings. The van der Waals surface area contributed by atoms with Gasteiger partial charge in [0.15, 0.2) is 0 Å². The van der Waals surface area contributed by atoms with Crippen LogP contribution in [0.15, 0.2) is 34.9 Å². The molecule has 110 valence electrons. The van der Waals surface area contributed by atoms with E-state index in [0.717, 1.165) is 30.9 Å². The van der Waals surface area contributed by atoms with E-state index in [-0.39, 0.29) is 0 Å². The van der Waals surface area contributed by atoms with E-state index in [1.165, 1.54) is 29.6 Å². The molecule has 2 rings (SSSR count). The molecule has 0 aromatic heterocycles. The SMILES string of the molecule is CC/C(C(=N)CCC1C(C)=CC=CC1C)=C(/C)C1CC1. The quantitative estimate of drug-likeness (QED) is 0.600. The highest BCUT2D eigenvalue weighted by Gasteiger charge is 2.26. The first-order chi connectivity index (χ1) is 9.54. The Balaban J connectivity index is 1.96. The van der Waals surface area contributed by atoms with Crippen molar-refractivity contribution in [1.29, 1.82) is 5.41 Å². The van der Waals surface area contributed by atoms with E-state index in [9.17, 15) is 0 Å². The highest BCUT2D eigenvalue weighted by Crippen LogP contribution is 2.39. The number of allylic oxidation sites excluding steroid dienone is 6. The number of nitrogens with one attached hydrogen (secondary N) is 1. The second-order valence-electron chi connectivity index (χ2n) is 6.57. The molecule has 1 N–H and O–H groups in total. The Labute approximate surface area is 124 Å². The predicted octanol–water partition coefficient (Wildman–Crippen LogP) is 5.69. The minimum atomic E-state index is 0.617. The van der Waals surface area contributed by atoms with Gasteiger partial charge in [0.05, 0.1) is 0 Å². The zero-order valence-corrected chi connectivity index (χ0v) is 13.5. The van der Waals surface area contributed by atoms with Crippen molar-refractivity contribution < 1.29 is 0 Å². The van der Waals surface area contributed by atoms with E-state index in [1.54, 1.807) is 0 Å². The highest BCUT2D eigenvalue weighted by atomic mass is 14.4. The number of hydrogen-bond donors (Lipinski definition) is 1. The van der Waals surface area contributed by atoms with Gasteiger partial charge in [-0.2, -0.15) is 0 Å². The maximum absolute atomic E-state index is 8.45. The number of rotatable bonds is 6. The maximum Gasteiger partial charge on any atom is 0.0345 e. The van der Waals surface area contributed by atoms with Gasteiger partial charge in [0.1, 0.15) is 0 Å². The monoisotopic (exact) mass is 271 g/mol. The molecule has 1 nitrogen and oxygen atoms in total. The molecule has 0 aromatic rings. The lowest BCUT2D eigenvalue weighted by atomic mass is 9.80. The van der Waals surface area contributed by atoms with Crippen LogP contribution in [0.4, 0.5) is 0 Å². The molecule has 2 aliphatic carbocycles. The Morgan fingerprint density at radius 3 is 2.60 bits per heavy atom. The molecule has 0 amide bonds. The fourth-order valence-electron chi connectivity index (χ4n) is 3.49. The van der Waals surface area contributed by atoms with Crippen LogP contribution in [0.5, 0.6) is 0 Å². The molecule has 1 fully saturated rings. The van der Waals surface area contributed by atoms with Crippen LogP contribution >= 0.6 is 0 Å². The molecule has 20 heavy (non-hydrogen) atoms. The van der Waals surface area contributed by atoms with Gasteiger partial charge in [0.25, 0.3) is 0 Å². The summed E-state index contributed by atoms with van der Waals surface area (Å²) in [6.07, 6.45) is 12.5. The van der Waals surface area contributed by atoms with Crippen molar-refractivity contribution in [3.8, 4) is 0 Å². The van der Waals surface area contributed by atoms with Crippen molar-refractivity contribution in [1.82, 2.24) is 0 Å². The average Bonchev–Trinajstić information content (AvgIpc) is 3.23. The minimum absolute atomic E-state index is 0.617. The van der Waals surface area contributed by atoms with Crippen LogP contribution in [0.1, 0.15) is 59.8 Å². The third-order valence-electron chi connectivity index (χ3n) is 5.08. The summed E-state index contributed by atoms with van der Waals surface area (Å²) in [6.45, 7) is 8.99. The van der Waals surface area contributed by atoms with Gasteiger partial charge in [0.2, 0.25) is 0 Å². The average molecular weight is 271 g/mol. The van der Waals surface area contributed by atoms with Crippen LogP contribution in [0.25, 0.3) is 0 Å². The van der Waals surface area contributed by atoms with Gasteiger partial charge in [-0.05, 0) is 69.3 Å². The molecule has 2 unspecified atom stereocenters. The fraction of sp³-hybridized carbons (Fsp3) is 0.632. The summed E-state index contributed by atoms with van der Waals surface area (Å²) in [5, 5.41) is 8.45. The van der Waals surface area contributed by atoms with Crippen molar-refractivity contribution in [3.05, 3.63) is 34.9 Å². The third kappa shape index (κ3) is 3.50. The zero-order chi connectivity index (χ0) is 14.7. The van der Waals surface area contributed by atoms with E-state index in [2.05, 4.69) is 45.9 Å². The summed E-state index contributed by atoms with van der Waals surface area (Å²) in [4.78, 5) is 0. The van der Waals surface area contributed by atoms with Gasteiger partial charge < -0.3 is 5.41 Å². The second-order valence-corrected chi connectivity index (χ2v) is 6.57. The van der Waals surface area contributed by atoms with Crippen molar-refractivity contribution in [2.75, 3.05) is 0 Å². The molecule has 1 heteroatoms. The Morgan fingerprint density at radius 2 is 2.05 bits per heavy atom. The standard InChI is InChI=1S/C19H29N/c1-5-17(15(4)16-9-10-16)19(20)12-11-18-13(2)7-6-8-14(18)3/h6-8,13,16,18,20H,5,9-12H2,1-4H3/b17-15+,20-19?. The summed E-state index contributed by atoms with van der Waals surface area (Å²) in [6, 6.07) is 0. The minimum Gasteiger partial charge on any atom is -0.305 e. The summed E-state index contributed by atoms with van der Waals surface area (Å²) < 4.78 is 0. The van der Waals surface area contributed by atoms with Gasteiger partial charge in [-0.25, -0.2) is 0 Å². The van der Waals surface area contributed by atoms with E-state index in [0.29, 0.717) is 11.8 Å². The first-order valence-corrected chi connectivity index (χ1v) is 8.17.